The van der Waals surface area contributed by atoms with E-state index in [0.29, 0.717) is 11.5 Å². The molecule has 1 aromatic carbocycles. The summed E-state index contributed by atoms with van der Waals surface area (Å²) in [4.78, 5) is 4.28. The molecule has 0 saturated carbocycles. The Hall–Kier alpha value is -2.66. The van der Waals surface area contributed by atoms with E-state index in [1.807, 2.05) is 6.07 Å². The fraction of sp³-hybridized carbons (Fsp3) is 0.294. The number of hydrogen-bond acceptors (Lipinski definition) is 4. The van der Waals surface area contributed by atoms with Crippen molar-refractivity contribution in [1.29, 1.82) is 5.26 Å². The predicted octanol–water partition coefficient (Wildman–Crippen LogP) is 3.73. The van der Waals surface area contributed by atoms with E-state index in [0.717, 1.165) is 11.9 Å². The van der Waals surface area contributed by atoms with E-state index in [9.17, 15) is 17.6 Å². The van der Waals surface area contributed by atoms with E-state index in [-0.39, 0.29) is 23.4 Å². The largest absolute Gasteiger partial charge is 0.405 e. The van der Waals surface area contributed by atoms with Crippen molar-refractivity contribution in [2.45, 2.75) is 26.1 Å². The summed E-state index contributed by atoms with van der Waals surface area (Å²) in [6, 6.07) is 4.15. The second-order valence-electron chi connectivity index (χ2n) is 5.80. The van der Waals surface area contributed by atoms with Crippen LogP contribution in [0.15, 0.2) is 46.9 Å². The maximum atomic E-state index is 14.1. The van der Waals surface area contributed by atoms with Crippen LogP contribution in [0, 0.1) is 17.1 Å². The van der Waals surface area contributed by atoms with Gasteiger partial charge >= 0.3 is 6.18 Å². The summed E-state index contributed by atoms with van der Waals surface area (Å²) >= 11 is 0. The van der Waals surface area contributed by atoms with Crippen molar-refractivity contribution in [2.24, 2.45) is 4.99 Å². The minimum Gasteiger partial charge on any atom is -0.261 e. The normalized spacial score (nSPS) is 18.9. The standard InChI is InChI=1S/C17H14F4N4/c1-10-7-15(13-8-12(9-22)3-4-14(13)18)23-16-5-6-24(25(10)16)11(2)17(19,20)21/h3-5,7-8,11H,6H2,1-2H3/t11-/m0/s1. The average molecular weight is 350 g/mol. The molecule has 0 fully saturated rings. The summed E-state index contributed by atoms with van der Waals surface area (Å²) in [6.45, 7) is 2.77. The first kappa shape index (κ1) is 17.2. The first-order valence-corrected chi connectivity index (χ1v) is 7.53. The summed E-state index contributed by atoms with van der Waals surface area (Å²) < 4.78 is 53.2. The summed E-state index contributed by atoms with van der Waals surface area (Å²) in [7, 11) is 0. The smallest absolute Gasteiger partial charge is 0.261 e. The average Bonchev–Trinajstić information content (AvgIpc) is 2.98. The highest BCUT2D eigenvalue weighted by atomic mass is 19.4. The Bertz CT molecular complexity index is 845. The van der Waals surface area contributed by atoms with Crippen LogP contribution in [0.5, 0.6) is 0 Å². The molecule has 3 rings (SSSR count). The van der Waals surface area contributed by atoms with Crippen LogP contribution in [0.25, 0.3) is 0 Å². The van der Waals surface area contributed by atoms with Gasteiger partial charge in [-0.1, -0.05) is 0 Å². The van der Waals surface area contributed by atoms with Crippen LogP contribution < -0.4 is 0 Å². The second kappa shape index (κ2) is 6.01. The van der Waals surface area contributed by atoms with Gasteiger partial charge in [0.2, 0.25) is 0 Å². The molecule has 130 valence electrons. The van der Waals surface area contributed by atoms with Crippen LogP contribution >= 0.6 is 0 Å². The van der Waals surface area contributed by atoms with Crippen molar-refractivity contribution in [1.82, 2.24) is 10.0 Å². The molecule has 0 amide bonds. The first-order valence-electron chi connectivity index (χ1n) is 7.53. The second-order valence-corrected chi connectivity index (χ2v) is 5.80. The molecule has 25 heavy (non-hydrogen) atoms. The summed E-state index contributed by atoms with van der Waals surface area (Å²) in [5.41, 5.74) is 1.18. The van der Waals surface area contributed by atoms with Crippen molar-refractivity contribution in [3.05, 3.63) is 58.8 Å². The van der Waals surface area contributed by atoms with Gasteiger partial charge in [0, 0.05) is 17.8 Å². The van der Waals surface area contributed by atoms with Crippen molar-refractivity contribution in [2.75, 3.05) is 6.54 Å². The van der Waals surface area contributed by atoms with E-state index in [4.69, 9.17) is 5.26 Å². The number of benzene rings is 1. The molecule has 0 radical (unpaired) electrons. The van der Waals surface area contributed by atoms with E-state index in [2.05, 4.69) is 4.99 Å². The number of nitriles is 1. The van der Waals surface area contributed by atoms with Crippen LogP contribution in [-0.2, 0) is 0 Å². The highest BCUT2D eigenvalue weighted by Crippen LogP contribution is 2.34. The van der Waals surface area contributed by atoms with E-state index >= 15 is 0 Å². The Morgan fingerprint density at radius 2 is 2.04 bits per heavy atom. The molecule has 0 unspecified atom stereocenters. The van der Waals surface area contributed by atoms with Gasteiger partial charge < -0.3 is 0 Å². The lowest BCUT2D eigenvalue weighted by Gasteiger charge is -2.38. The number of rotatable bonds is 2. The van der Waals surface area contributed by atoms with Gasteiger partial charge in [-0.3, -0.25) is 5.01 Å². The van der Waals surface area contributed by atoms with E-state index in [1.165, 1.54) is 29.3 Å². The minimum absolute atomic E-state index is 0.0543. The number of fused-ring (bicyclic) bond motifs is 1. The lowest BCUT2D eigenvalue weighted by Crippen LogP contribution is -2.49. The maximum Gasteiger partial charge on any atom is 0.405 e. The number of alkyl halides is 3. The van der Waals surface area contributed by atoms with Crippen LogP contribution in [0.4, 0.5) is 17.6 Å². The van der Waals surface area contributed by atoms with Crippen molar-refractivity contribution in [3.8, 4) is 6.07 Å². The molecule has 2 heterocycles. The number of nitrogens with zero attached hydrogens (tertiary/aromatic N) is 4. The van der Waals surface area contributed by atoms with E-state index < -0.39 is 18.0 Å². The van der Waals surface area contributed by atoms with E-state index in [1.54, 1.807) is 13.0 Å². The molecule has 1 aromatic rings. The summed E-state index contributed by atoms with van der Waals surface area (Å²) in [5, 5.41) is 11.5. The van der Waals surface area contributed by atoms with Crippen LogP contribution in [0.3, 0.4) is 0 Å². The van der Waals surface area contributed by atoms with Gasteiger partial charge in [-0.15, -0.1) is 0 Å². The Kier molecular flexibility index (Phi) is 4.13. The van der Waals surface area contributed by atoms with Gasteiger partial charge in [-0.2, -0.15) is 23.4 Å². The number of hydrogen-bond donors (Lipinski definition) is 0. The Balaban J connectivity index is 1.97. The van der Waals surface area contributed by atoms with Gasteiger partial charge in [-0.25, -0.2) is 9.38 Å². The molecule has 0 aliphatic carbocycles. The summed E-state index contributed by atoms with van der Waals surface area (Å²) in [6.07, 6.45) is -1.30. The highest BCUT2D eigenvalue weighted by molar-refractivity contribution is 6.10. The maximum absolute atomic E-state index is 14.1. The zero-order valence-electron chi connectivity index (χ0n) is 13.5. The molecule has 2 aliphatic rings. The number of allylic oxidation sites excluding steroid dienone is 2. The van der Waals surface area contributed by atoms with Gasteiger partial charge in [0.05, 0.1) is 17.3 Å². The zero-order valence-corrected chi connectivity index (χ0v) is 13.5. The fourth-order valence-electron chi connectivity index (χ4n) is 2.80. The van der Waals surface area contributed by atoms with Gasteiger partial charge in [0.25, 0.3) is 0 Å². The van der Waals surface area contributed by atoms with Crippen LogP contribution in [0.1, 0.15) is 25.0 Å². The molecule has 0 spiro atoms. The monoisotopic (exact) mass is 350 g/mol. The molecule has 0 saturated heterocycles. The number of hydrazine groups is 1. The fourth-order valence-corrected chi connectivity index (χ4v) is 2.80. The third-order valence-electron chi connectivity index (χ3n) is 4.14. The molecule has 0 aromatic heterocycles. The molecule has 0 N–H and O–H groups in total. The topological polar surface area (TPSA) is 42.6 Å². The lowest BCUT2D eigenvalue weighted by atomic mass is 10.0. The molecular formula is C17H14F4N4. The zero-order chi connectivity index (χ0) is 18.4. The third kappa shape index (κ3) is 3.03. The first-order chi connectivity index (χ1) is 11.7. The van der Waals surface area contributed by atoms with Crippen molar-refractivity contribution in [3.63, 3.8) is 0 Å². The highest BCUT2D eigenvalue weighted by Gasteiger charge is 2.45. The van der Waals surface area contributed by atoms with Crippen molar-refractivity contribution < 1.29 is 17.6 Å². The Morgan fingerprint density at radius 1 is 1.32 bits per heavy atom. The Morgan fingerprint density at radius 3 is 2.68 bits per heavy atom. The third-order valence-corrected chi connectivity index (χ3v) is 4.14. The molecule has 1 atom stereocenters. The number of halogens is 4. The number of aliphatic imine (C=N–C) groups is 1. The van der Waals surface area contributed by atoms with Crippen LogP contribution in [0.2, 0.25) is 0 Å². The lowest BCUT2D eigenvalue weighted by molar-refractivity contribution is -0.201. The van der Waals surface area contributed by atoms with Gasteiger partial charge in [0.1, 0.15) is 17.7 Å². The van der Waals surface area contributed by atoms with Gasteiger partial charge in [-0.05, 0) is 44.2 Å². The Labute approximate surface area is 141 Å². The molecule has 8 heteroatoms. The summed E-state index contributed by atoms with van der Waals surface area (Å²) in [5.74, 6) is -0.234. The molecule has 2 aliphatic heterocycles. The van der Waals surface area contributed by atoms with Gasteiger partial charge in [0.15, 0.2) is 0 Å². The predicted molar refractivity (Wildman–Crippen MR) is 83.6 cm³/mol. The minimum atomic E-state index is -4.37. The molecular weight excluding hydrogens is 336 g/mol. The van der Waals surface area contributed by atoms with Crippen LogP contribution in [-0.4, -0.2) is 34.5 Å². The SMILES string of the molecule is CC1=CC(c2cc(C#N)ccc2F)=NC2=CCN([C@@H](C)C(F)(F)F)N12. The quantitative estimate of drug-likeness (QED) is 0.764. The molecule has 0 bridgehead atoms. The van der Waals surface area contributed by atoms with Crippen molar-refractivity contribution >= 4 is 5.71 Å². The molecule has 4 nitrogen and oxygen atoms in total.